The molecule has 0 aliphatic rings. The molecule has 0 radical (unpaired) electrons. The average molecular weight is 423 g/mol. The highest BCUT2D eigenvalue weighted by molar-refractivity contribution is 6.35. The zero-order valence-electron chi connectivity index (χ0n) is 15.2. The number of rotatable bonds is 8. The zero-order chi connectivity index (χ0) is 20.5. The van der Waals surface area contributed by atoms with Crippen LogP contribution < -0.4 is 10.6 Å². The van der Waals surface area contributed by atoms with Gasteiger partial charge < -0.3 is 15.4 Å². The number of carbonyl (C=O) groups excluding carboxylic acids is 3. The molecule has 2 amide bonds. The molecule has 0 aliphatic carbocycles. The van der Waals surface area contributed by atoms with Gasteiger partial charge in [-0.05, 0) is 30.7 Å². The highest BCUT2D eigenvalue weighted by Crippen LogP contribution is 2.25. The van der Waals surface area contributed by atoms with E-state index in [0.717, 1.165) is 5.56 Å². The van der Waals surface area contributed by atoms with E-state index in [-0.39, 0.29) is 18.9 Å². The summed E-state index contributed by atoms with van der Waals surface area (Å²) in [6, 6.07) is 13.9. The number of amides is 2. The maximum atomic E-state index is 11.9. The maximum Gasteiger partial charge on any atom is 0.306 e. The number of esters is 1. The van der Waals surface area contributed by atoms with Crippen LogP contribution in [-0.2, 0) is 19.1 Å². The van der Waals surface area contributed by atoms with Crippen molar-refractivity contribution in [3.05, 3.63) is 64.1 Å². The highest BCUT2D eigenvalue weighted by atomic mass is 35.5. The molecule has 0 saturated carbocycles. The Balaban J connectivity index is 1.70. The van der Waals surface area contributed by atoms with Crippen molar-refractivity contribution in [3.8, 4) is 0 Å². The summed E-state index contributed by atoms with van der Waals surface area (Å²) < 4.78 is 4.91. The topological polar surface area (TPSA) is 84.5 Å². The minimum absolute atomic E-state index is 0.107. The van der Waals surface area contributed by atoms with E-state index in [0.29, 0.717) is 15.7 Å². The van der Waals surface area contributed by atoms with E-state index < -0.39 is 24.4 Å². The molecular weight excluding hydrogens is 403 g/mol. The van der Waals surface area contributed by atoms with Crippen molar-refractivity contribution in [1.82, 2.24) is 5.32 Å². The van der Waals surface area contributed by atoms with E-state index in [1.165, 1.54) is 6.07 Å². The molecule has 1 atom stereocenters. The molecule has 2 aromatic carbocycles. The number of nitrogens with one attached hydrogen (secondary N) is 2. The van der Waals surface area contributed by atoms with E-state index in [2.05, 4.69) is 10.6 Å². The van der Waals surface area contributed by atoms with E-state index in [4.69, 9.17) is 27.9 Å². The molecule has 0 spiro atoms. The molecule has 0 bridgehead atoms. The molecule has 28 heavy (non-hydrogen) atoms. The van der Waals surface area contributed by atoms with Gasteiger partial charge in [0.2, 0.25) is 5.91 Å². The SMILES string of the molecule is C[C@@H](NC(=O)COC(=O)CCC(=O)Nc1cc(Cl)ccc1Cl)c1ccccc1. The molecule has 0 unspecified atom stereocenters. The van der Waals surface area contributed by atoms with Crippen molar-refractivity contribution >= 4 is 46.7 Å². The molecule has 2 rings (SSSR count). The fourth-order valence-electron chi connectivity index (χ4n) is 2.35. The minimum Gasteiger partial charge on any atom is -0.456 e. The van der Waals surface area contributed by atoms with Gasteiger partial charge in [-0.3, -0.25) is 14.4 Å². The second kappa shape index (κ2) is 10.7. The molecule has 0 fully saturated rings. The van der Waals surface area contributed by atoms with Crippen LogP contribution >= 0.6 is 23.2 Å². The summed E-state index contributed by atoms with van der Waals surface area (Å²) in [7, 11) is 0. The number of ether oxygens (including phenoxy) is 1. The third-order valence-corrected chi connectivity index (χ3v) is 4.36. The second-order valence-corrected chi connectivity index (χ2v) is 6.88. The number of hydrogen-bond acceptors (Lipinski definition) is 4. The van der Waals surface area contributed by atoms with Gasteiger partial charge in [0.05, 0.1) is 23.2 Å². The van der Waals surface area contributed by atoms with E-state index >= 15 is 0 Å². The summed E-state index contributed by atoms with van der Waals surface area (Å²) in [4.78, 5) is 35.6. The summed E-state index contributed by atoms with van der Waals surface area (Å²) in [6.45, 7) is 1.43. The lowest BCUT2D eigenvalue weighted by molar-refractivity contribution is -0.149. The van der Waals surface area contributed by atoms with Gasteiger partial charge in [-0.2, -0.15) is 0 Å². The first-order valence-electron chi connectivity index (χ1n) is 8.60. The first-order valence-corrected chi connectivity index (χ1v) is 9.35. The molecule has 0 aliphatic heterocycles. The molecule has 2 aromatic rings. The third-order valence-electron chi connectivity index (χ3n) is 3.80. The molecule has 0 aromatic heterocycles. The minimum atomic E-state index is -0.644. The van der Waals surface area contributed by atoms with Crippen LogP contribution in [0.15, 0.2) is 48.5 Å². The lowest BCUT2D eigenvalue weighted by Gasteiger charge is -2.14. The Kier molecular flexibility index (Phi) is 8.29. The first-order chi connectivity index (χ1) is 13.3. The van der Waals surface area contributed by atoms with Crippen LogP contribution in [0.25, 0.3) is 0 Å². The molecule has 0 heterocycles. The lowest BCUT2D eigenvalue weighted by atomic mass is 10.1. The summed E-state index contributed by atoms with van der Waals surface area (Å²) in [6.07, 6.45) is -0.269. The smallest absolute Gasteiger partial charge is 0.306 e. The van der Waals surface area contributed by atoms with E-state index in [1.807, 2.05) is 37.3 Å². The van der Waals surface area contributed by atoms with Crippen LogP contribution in [0.2, 0.25) is 10.0 Å². The van der Waals surface area contributed by atoms with Crippen molar-refractivity contribution in [1.29, 1.82) is 0 Å². The van der Waals surface area contributed by atoms with Crippen molar-refractivity contribution in [2.75, 3.05) is 11.9 Å². The van der Waals surface area contributed by atoms with Gasteiger partial charge in [0, 0.05) is 11.4 Å². The number of carbonyl (C=O) groups is 3. The van der Waals surface area contributed by atoms with E-state index in [9.17, 15) is 14.4 Å². The Hall–Kier alpha value is -2.57. The summed E-state index contributed by atoms with van der Waals surface area (Å²) in [5, 5.41) is 6.07. The van der Waals surface area contributed by atoms with Crippen molar-refractivity contribution in [3.63, 3.8) is 0 Å². The fraction of sp³-hybridized carbons (Fsp3) is 0.250. The summed E-state index contributed by atoms with van der Waals surface area (Å²) in [5.41, 5.74) is 1.31. The van der Waals surface area contributed by atoms with Crippen LogP contribution in [0.1, 0.15) is 31.4 Å². The Bertz CT molecular complexity index is 843. The van der Waals surface area contributed by atoms with Gasteiger partial charge in [0.15, 0.2) is 6.61 Å². The average Bonchev–Trinajstić information content (AvgIpc) is 2.68. The maximum absolute atomic E-state index is 11.9. The standard InChI is InChI=1S/C20H20Cl2N2O4/c1-13(14-5-3-2-4-6-14)23-19(26)12-28-20(27)10-9-18(25)24-17-11-15(21)7-8-16(17)22/h2-8,11,13H,9-10,12H2,1H3,(H,23,26)(H,24,25)/t13-/m1/s1. The number of benzene rings is 2. The Labute approximate surface area is 173 Å². The quantitative estimate of drug-likeness (QED) is 0.626. The Morgan fingerprint density at radius 2 is 1.71 bits per heavy atom. The Morgan fingerprint density at radius 1 is 1.00 bits per heavy atom. The largest absolute Gasteiger partial charge is 0.456 e. The van der Waals surface area contributed by atoms with Gasteiger partial charge in [0.25, 0.3) is 5.91 Å². The van der Waals surface area contributed by atoms with Crippen LogP contribution in [0.3, 0.4) is 0 Å². The highest BCUT2D eigenvalue weighted by Gasteiger charge is 2.14. The number of anilines is 1. The zero-order valence-corrected chi connectivity index (χ0v) is 16.7. The predicted octanol–water partition coefficient (Wildman–Crippen LogP) is 4.13. The lowest BCUT2D eigenvalue weighted by Crippen LogP contribution is -2.31. The Morgan fingerprint density at radius 3 is 2.43 bits per heavy atom. The molecular formula is C20H20Cl2N2O4. The third kappa shape index (κ3) is 7.21. The molecule has 2 N–H and O–H groups in total. The molecule has 8 heteroatoms. The van der Waals surface area contributed by atoms with Gasteiger partial charge >= 0.3 is 5.97 Å². The van der Waals surface area contributed by atoms with Gasteiger partial charge in [-0.1, -0.05) is 53.5 Å². The van der Waals surface area contributed by atoms with Crippen molar-refractivity contribution < 1.29 is 19.1 Å². The molecule has 6 nitrogen and oxygen atoms in total. The fourth-order valence-corrected chi connectivity index (χ4v) is 2.68. The second-order valence-electron chi connectivity index (χ2n) is 6.03. The van der Waals surface area contributed by atoms with Crippen LogP contribution in [0.5, 0.6) is 0 Å². The molecule has 148 valence electrons. The summed E-state index contributed by atoms with van der Waals surface area (Å²) in [5.74, 6) is -1.47. The van der Waals surface area contributed by atoms with Crippen LogP contribution in [-0.4, -0.2) is 24.4 Å². The van der Waals surface area contributed by atoms with Gasteiger partial charge in [-0.25, -0.2) is 0 Å². The normalized spacial score (nSPS) is 11.4. The predicted molar refractivity (Wildman–Crippen MR) is 108 cm³/mol. The van der Waals surface area contributed by atoms with Crippen LogP contribution in [0, 0.1) is 0 Å². The number of halogens is 2. The monoisotopic (exact) mass is 422 g/mol. The van der Waals surface area contributed by atoms with Crippen molar-refractivity contribution in [2.45, 2.75) is 25.8 Å². The number of hydrogen-bond donors (Lipinski definition) is 2. The van der Waals surface area contributed by atoms with Gasteiger partial charge in [0.1, 0.15) is 0 Å². The first kappa shape index (κ1) is 21.7. The summed E-state index contributed by atoms with van der Waals surface area (Å²) >= 11 is 11.8. The molecule has 0 saturated heterocycles. The van der Waals surface area contributed by atoms with Crippen molar-refractivity contribution in [2.24, 2.45) is 0 Å². The van der Waals surface area contributed by atoms with Crippen LogP contribution in [0.4, 0.5) is 5.69 Å². The van der Waals surface area contributed by atoms with E-state index in [1.54, 1.807) is 12.1 Å². The van der Waals surface area contributed by atoms with Gasteiger partial charge in [-0.15, -0.1) is 0 Å².